The molecule has 1 heterocycles. The number of nitrogens with zero attached hydrogens (tertiary/aromatic N) is 3. The fourth-order valence-corrected chi connectivity index (χ4v) is 3.51. The summed E-state index contributed by atoms with van der Waals surface area (Å²) in [5.41, 5.74) is 0.697. The summed E-state index contributed by atoms with van der Waals surface area (Å²) in [5.74, 6) is 1.96. The number of methoxy groups -OCH3 is 1. The van der Waals surface area contributed by atoms with Crippen LogP contribution in [0.4, 0.5) is 5.69 Å². The molecule has 0 unspecified atom stereocenters. The third-order valence-electron chi connectivity index (χ3n) is 4.00. The van der Waals surface area contributed by atoms with Gasteiger partial charge in [0.15, 0.2) is 11.0 Å². The molecule has 9 heteroatoms. The Labute approximate surface area is 184 Å². The Morgan fingerprint density at radius 3 is 2.70 bits per heavy atom. The Morgan fingerprint density at radius 2 is 2.00 bits per heavy atom. The van der Waals surface area contributed by atoms with Crippen molar-refractivity contribution >= 4 is 35.0 Å². The summed E-state index contributed by atoms with van der Waals surface area (Å²) in [5, 5.41) is 12.4. The second-order valence-corrected chi connectivity index (χ2v) is 7.43. The lowest BCUT2D eigenvalue weighted by Crippen LogP contribution is -2.15. The first-order valence-electron chi connectivity index (χ1n) is 9.07. The van der Waals surface area contributed by atoms with Crippen LogP contribution in [-0.4, -0.2) is 33.5 Å². The van der Waals surface area contributed by atoms with Crippen LogP contribution in [0.3, 0.4) is 0 Å². The Hall–Kier alpha value is -2.97. The van der Waals surface area contributed by atoms with E-state index in [0.29, 0.717) is 34.0 Å². The molecule has 0 saturated heterocycles. The number of nitrogens with one attached hydrogen (secondary N) is 1. The maximum absolute atomic E-state index is 12.3. The Bertz CT molecular complexity index is 1010. The van der Waals surface area contributed by atoms with Crippen LogP contribution >= 0.6 is 23.4 Å². The zero-order chi connectivity index (χ0) is 21.3. The van der Waals surface area contributed by atoms with Gasteiger partial charge >= 0.3 is 0 Å². The highest BCUT2D eigenvalue weighted by molar-refractivity contribution is 7.99. The molecule has 0 fully saturated rings. The van der Waals surface area contributed by atoms with Crippen molar-refractivity contribution in [2.75, 3.05) is 18.2 Å². The number of ether oxygens (including phenoxy) is 2. The number of carbonyl (C=O) groups is 1. The number of hydrogen-bond donors (Lipinski definition) is 1. The lowest BCUT2D eigenvalue weighted by Gasteiger charge is -2.10. The Morgan fingerprint density at radius 1 is 1.23 bits per heavy atom. The third kappa shape index (κ3) is 5.77. The number of para-hydroxylation sites is 1. The van der Waals surface area contributed by atoms with Crippen molar-refractivity contribution < 1.29 is 14.3 Å². The van der Waals surface area contributed by atoms with Gasteiger partial charge in [-0.2, -0.15) is 0 Å². The molecule has 0 radical (unpaired) electrons. The van der Waals surface area contributed by atoms with Crippen LogP contribution in [0.5, 0.6) is 11.5 Å². The second-order valence-electron chi connectivity index (χ2n) is 6.08. The molecule has 1 aromatic heterocycles. The van der Waals surface area contributed by atoms with E-state index in [4.69, 9.17) is 21.1 Å². The highest BCUT2D eigenvalue weighted by Gasteiger charge is 2.15. The van der Waals surface area contributed by atoms with Crippen molar-refractivity contribution in [3.8, 4) is 11.5 Å². The van der Waals surface area contributed by atoms with E-state index >= 15 is 0 Å². The van der Waals surface area contributed by atoms with E-state index in [1.807, 2.05) is 16.7 Å². The first-order chi connectivity index (χ1) is 14.6. The van der Waals surface area contributed by atoms with Gasteiger partial charge in [-0.15, -0.1) is 16.8 Å². The fourth-order valence-electron chi connectivity index (χ4n) is 2.55. The largest absolute Gasteiger partial charge is 0.497 e. The van der Waals surface area contributed by atoms with Gasteiger partial charge < -0.3 is 14.8 Å². The second kappa shape index (κ2) is 10.7. The summed E-state index contributed by atoms with van der Waals surface area (Å²) >= 11 is 7.42. The lowest BCUT2D eigenvalue weighted by molar-refractivity contribution is -0.113. The number of carbonyl (C=O) groups excluding carboxylic acids is 1. The van der Waals surface area contributed by atoms with Gasteiger partial charge in [-0.1, -0.05) is 41.6 Å². The Balaban J connectivity index is 1.60. The molecule has 0 saturated carbocycles. The van der Waals surface area contributed by atoms with Crippen LogP contribution in [0.1, 0.15) is 5.82 Å². The molecule has 156 valence electrons. The summed E-state index contributed by atoms with van der Waals surface area (Å²) in [6.07, 6.45) is 1.74. The topological polar surface area (TPSA) is 78.3 Å². The summed E-state index contributed by atoms with van der Waals surface area (Å²) in [7, 11) is 1.59. The third-order valence-corrected chi connectivity index (χ3v) is 5.28. The monoisotopic (exact) mass is 444 g/mol. The molecule has 0 spiro atoms. The number of hydrogen-bond acceptors (Lipinski definition) is 6. The van der Waals surface area contributed by atoms with Gasteiger partial charge in [-0.05, 0) is 36.4 Å². The van der Waals surface area contributed by atoms with E-state index in [-0.39, 0.29) is 18.3 Å². The van der Waals surface area contributed by atoms with E-state index < -0.39 is 0 Å². The summed E-state index contributed by atoms with van der Waals surface area (Å²) in [6.45, 7) is 4.47. The van der Waals surface area contributed by atoms with Crippen LogP contribution in [0.15, 0.2) is 66.3 Å². The molecule has 3 aromatic rings. The van der Waals surface area contributed by atoms with Gasteiger partial charge in [0.05, 0.1) is 17.9 Å². The van der Waals surface area contributed by atoms with E-state index in [1.54, 1.807) is 49.6 Å². The predicted molar refractivity (Wildman–Crippen MR) is 118 cm³/mol. The fraction of sp³-hybridized carbons (Fsp3) is 0.190. The standard InChI is InChI=1S/C21H21ClN4O3S/c1-3-12-26-19(13-29-18-7-5-4-6-17(18)22)24-25-21(26)30-14-20(27)23-15-8-10-16(28-2)11-9-15/h3-11H,1,12-14H2,2H3,(H,23,27). The summed E-state index contributed by atoms with van der Waals surface area (Å²) < 4.78 is 12.7. The number of rotatable bonds is 10. The van der Waals surface area contributed by atoms with Crippen molar-refractivity contribution in [3.05, 3.63) is 72.0 Å². The molecule has 0 bridgehead atoms. The quantitative estimate of drug-likeness (QED) is 0.368. The number of amides is 1. The van der Waals surface area contributed by atoms with Crippen LogP contribution in [-0.2, 0) is 17.9 Å². The first-order valence-corrected chi connectivity index (χ1v) is 10.4. The Kier molecular flexibility index (Phi) is 7.75. The minimum Gasteiger partial charge on any atom is -0.497 e. The number of thioether (sulfide) groups is 1. The molecule has 7 nitrogen and oxygen atoms in total. The number of aromatic nitrogens is 3. The van der Waals surface area contributed by atoms with E-state index in [2.05, 4.69) is 22.1 Å². The van der Waals surface area contributed by atoms with Crippen LogP contribution in [0.2, 0.25) is 5.02 Å². The highest BCUT2D eigenvalue weighted by Crippen LogP contribution is 2.25. The van der Waals surface area contributed by atoms with Crippen molar-refractivity contribution in [2.45, 2.75) is 18.3 Å². The molecule has 3 rings (SSSR count). The minimum atomic E-state index is -0.146. The van der Waals surface area contributed by atoms with Crippen molar-refractivity contribution in [1.29, 1.82) is 0 Å². The maximum atomic E-state index is 12.3. The van der Waals surface area contributed by atoms with Crippen molar-refractivity contribution in [2.24, 2.45) is 0 Å². The van der Waals surface area contributed by atoms with Gasteiger partial charge in [-0.25, -0.2) is 0 Å². The van der Waals surface area contributed by atoms with Crippen molar-refractivity contribution in [3.63, 3.8) is 0 Å². The first kappa shape index (κ1) is 21.7. The molecule has 0 aliphatic rings. The molecule has 0 atom stereocenters. The maximum Gasteiger partial charge on any atom is 0.234 e. The number of benzene rings is 2. The number of allylic oxidation sites excluding steroid dienone is 1. The minimum absolute atomic E-state index is 0.146. The van der Waals surface area contributed by atoms with Crippen LogP contribution in [0, 0.1) is 0 Å². The van der Waals surface area contributed by atoms with Gasteiger partial charge in [0.2, 0.25) is 5.91 Å². The molecular formula is C21H21ClN4O3S. The molecule has 1 N–H and O–H groups in total. The summed E-state index contributed by atoms with van der Waals surface area (Å²) in [4.78, 5) is 12.3. The number of anilines is 1. The van der Waals surface area contributed by atoms with Gasteiger partial charge in [0.25, 0.3) is 0 Å². The molecule has 0 aliphatic heterocycles. The zero-order valence-electron chi connectivity index (χ0n) is 16.4. The molecule has 0 aliphatic carbocycles. The molecule has 2 aromatic carbocycles. The van der Waals surface area contributed by atoms with Gasteiger partial charge in [0.1, 0.15) is 18.1 Å². The van der Waals surface area contributed by atoms with E-state index in [0.717, 1.165) is 5.75 Å². The normalized spacial score (nSPS) is 10.5. The van der Waals surface area contributed by atoms with Crippen LogP contribution in [0.25, 0.3) is 0 Å². The molecule has 1 amide bonds. The predicted octanol–water partition coefficient (Wildman–Crippen LogP) is 4.44. The molecular weight excluding hydrogens is 424 g/mol. The highest BCUT2D eigenvalue weighted by atomic mass is 35.5. The SMILES string of the molecule is C=CCn1c(COc2ccccc2Cl)nnc1SCC(=O)Nc1ccc(OC)cc1. The molecule has 30 heavy (non-hydrogen) atoms. The number of halogens is 1. The average Bonchev–Trinajstić information content (AvgIpc) is 3.14. The average molecular weight is 445 g/mol. The van der Waals surface area contributed by atoms with Crippen molar-refractivity contribution in [1.82, 2.24) is 14.8 Å². The van der Waals surface area contributed by atoms with E-state index in [1.165, 1.54) is 11.8 Å². The lowest BCUT2D eigenvalue weighted by atomic mass is 10.3. The zero-order valence-corrected chi connectivity index (χ0v) is 17.9. The van der Waals surface area contributed by atoms with Gasteiger partial charge in [-0.3, -0.25) is 9.36 Å². The van der Waals surface area contributed by atoms with E-state index in [9.17, 15) is 4.79 Å². The summed E-state index contributed by atoms with van der Waals surface area (Å²) in [6, 6.07) is 14.4. The van der Waals surface area contributed by atoms with Crippen LogP contribution < -0.4 is 14.8 Å². The smallest absolute Gasteiger partial charge is 0.234 e. The van der Waals surface area contributed by atoms with Gasteiger partial charge in [0, 0.05) is 12.2 Å².